The molecule has 94 valence electrons. The standard InChI is InChI=1S/C11H21F2N3/c12-10(13)11(14)3-7-16(8-4-11)9-1-5-15-6-2-9/h9-10,15H,1-8,14H2. The lowest BCUT2D eigenvalue weighted by Gasteiger charge is -2.43. The minimum Gasteiger partial charge on any atom is -0.320 e. The molecule has 3 N–H and O–H groups in total. The third-order valence-corrected chi connectivity index (χ3v) is 3.99. The summed E-state index contributed by atoms with van der Waals surface area (Å²) in [6.45, 7) is 3.55. The lowest BCUT2D eigenvalue weighted by atomic mass is 9.87. The lowest BCUT2D eigenvalue weighted by molar-refractivity contribution is -0.000469. The summed E-state index contributed by atoms with van der Waals surface area (Å²) in [7, 11) is 0. The normalized spacial score (nSPS) is 28.5. The van der Waals surface area contributed by atoms with Gasteiger partial charge < -0.3 is 16.0 Å². The van der Waals surface area contributed by atoms with Gasteiger partial charge in [-0.3, -0.25) is 0 Å². The average molecular weight is 233 g/mol. The Balaban J connectivity index is 1.84. The van der Waals surface area contributed by atoms with E-state index in [4.69, 9.17) is 5.73 Å². The van der Waals surface area contributed by atoms with Gasteiger partial charge in [0, 0.05) is 19.1 Å². The summed E-state index contributed by atoms with van der Waals surface area (Å²) in [5.41, 5.74) is 4.47. The lowest BCUT2D eigenvalue weighted by Crippen LogP contribution is -2.57. The molecule has 0 aromatic carbocycles. The van der Waals surface area contributed by atoms with Crippen LogP contribution in [-0.4, -0.2) is 49.1 Å². The van der Waals surface area contributed by atoms with Gasteiger partial charge in [0.25, 0.3) is 6.43 Å². The van der Waals surface area contributed by atoms with Crippen LogP contribution in [0.2, 0.25) is 0 Å². The topological polar surface area (TPSA) is 41.3 Å². The van der Waals surface area contributed by atoms with E-state index in [9.17, 15) is 8.78 Å². The molecular formula is C11H21F2N3. The molecule has 0 aromatic heterocycles. The van der Waals surface area contributed by atoms with Gasteiger partial charge in [0.2, 0.25) is 0 Å². The molecular weight excluding hydrogens is 212 g/mol. The fraction of sp³-hybridized carbons (Fsp3) is 1.00. The van der Waals surface area contributed by atoms with Crippen LogP contribution >= 0.6 is 0 Å². The molecule has 2 aliphatic heterocycles. The Bertz CT molecular complexity index is 221. The number of nitrogens with two attached hydrogens (primary N) is 1. The second-order valence-electron chi connectivity index (χ2n) is 5.05. The molecule has 0 amide bonds. The van der Waals surface area contributed by atoms with Crippen LogP contribution < -0.4 is 11.1 Å². The summed E-state index contributed by atoms with van der Waals surface area (Å²) in [5.74, 6) is 0. The van der Waals surface area contributed by atoms with Crippen LogP contribution in [0.4, 0.5) is 8.78 Å². The van der Waals surface area contributed by atoms with E-state index in [2.05, 4.69) is 10.2 Å². The minimum atomic E-state index is -2.39. The molecule has 0 aliphatic carbocycles. The first-order valence-corrected chi connectivity index (χ1v) is 6.14. The fourth-order valence-electron chi connectivity index (χ4n) is 2.70. The van der Waals surface area contributed by atoms with E-state index in [0.29, 0.717) is 18.9 Å². The second kappa shape index (κ2) is 4.94. The molecule has 0 saturated carbocycles. The van der Waals surface area contributed by atoms with Crippen molar-refractivity contribution >= 4 is 0 Å². The average Bonchev–Trinajstić information content (AvgIpc) is 2.31. The van der Waals surface area contributed by atoms with Gasteiger partial charge in [0.1, 0.15) is 0 Å². The summed E-state index contributed by atoms with van der Waals surface area (Å²) >= 11 is 0. The Morgan fingerprint density at radius 2 is 1.75 bits per heavy atom. The predicted molar refractivity (Wildman–Crippen MR) is 59.6 cm³/mol. The van der Waals surface area contributed by atoms with Crippen LogP contribution in [-0.2, 0) is 0 Å². The second-order valence-corrected chi connectivity index (χ2v) is 5.05. The van der Waals surface area contributed by atoms with Crippen LogP contribution in [0.25, 0.3) is 0 Å². The number of alkyl halides is 2. The van der Waals surface area contributed by atoms with Crippen molar-refractivity contribution in [2.75, 3.05) is 26.2 Å². The Hall–Kier alpha value is -0.260. The maximum Gasteiger partial charge on any atom is 0.256 e. The highest BCUT2D eigenvalue weighted by molar-refractivity contribution is 4.94. The van der Waals surface area contributed by atoms with Crippen molar-refractivity contribution in [2.45, 2.75) is 43.7 Å². The van der Waals surface area contributed by atoms with Crippen molar-refractivity contribution in [3.05, 3.63) is 0 Å². The molecule has 0 atom stereocenters. The van der Waals surface area contributed by atoms with Crippen LogP contribution in [0, 0.1) is 0 Å². The molecule has 2 fully saturated rings. The van der Waals surface area contributed by atoms with Crippen molar-refractivity contribution in [2.24, 2.45) is 5.73 Å². The van der Waals surface area contributed by atoms with Crippen molar-refractivity contribution in [3.63, 3.8) is 0 Å². The number of hydrogen-bond acceptors (Lipinski definition) is 3. The van der Waals surface area contributed by atoms with E-state index in [0.717, 1.165) is 39.0 Å². The maximum absolute atomic E-state index is 12.7. The van der Waals surface area contributed by atoms with Crippen LogP contribution in [0.15, 0.2) is 0 Å². The molecule has 5 heteroatoms. The van der Waals surface area contributed by atoms with E-state index >= 15 is 0 Å². The molecule has 0 radical (unpaired) electrons. The zero-order valence-electron chi connectivity index (χ0n) is 9.59. The van der Waals surface area contributed by atoms with Gasteiger partial charge in [0.05, 0.1) is 5.54 Å². The van der Waals surface area contributed by atoms with Gasteiger partial charge in [-0.05, 0) is 38.8 Å². The van der Waals surface area contributed by atoms with Crippen molar-refractivity contribution in [1.82, 2.24) is 10.2 Å². The Morgan fingerprint density at radius 3 is 2.25 bits per heavy atom. The summed E-state index contributed by atoms with van der Waals surface area (Å²) in [6.07, 6.45) is 0.726. The first-order valence-electron chi connectivity index (χ1n) is 6.14. The first-order chi connectivity index (χ1) is 7.62. The quantitative estimate of drug-likeness (QED) is 0.741. The van der Waals surface area contributed by atoms with E-state index in [1.165, 1.54) is 0 Å². The van der Waals surface area contributed by atoms with Gasteiger partial charge in [-0.1, -0.05) is 0 Å². The third-order valence-electron chi connectivity index (χ3n) is 3.99. The summed E-state index contributed by atoms with van der Waals surface area (Å²) < 4.78 is 25.4. The number of nitrogens with one attached hydrogen (secondary N) is 1. The zero-order chi connectivity index (χ0) is 11.6. The molecule has 2 saturated heterocycles. The Kier molecular flexibility index (Phi) is 3.77. The highest BCUT2D eigenvalue weighted by Gasteiger charge is 2.40. The van der Waals surface area contributed by atoms with E-state index in [1.807, 2.05) is 0 Å². The number of piperidine rings is 2. The number of nitrogens with zero attached hydrogens (tertiary/aromatic N) is 1. The summed E-state index contributed by atoms with van der Waals surface area (Å²) in [5, 5.41) is 3.32. The third kappa shape index (κ3) is 2.52. The van der Waals surface area contributed by atoms with Crippen molar-refractivity contribution in [3.8, 4) is 0 Å². The van der Waals surface area contributed by atoms with Gasteiger partial charge in [-0.15, -0.1) is 0 Å². The molecule has 2 aliphatic rings. The molecule has 0 unspecified atom stereocenters. The maximum atomic E-state index is 12.7. The molecule has 0 bridgehead atoms. The molecule has 0 spiro atoms. The highest BCUT2D eigenvalue weighted by Crippen LogP contribution is 2.28. The van der Waals surface area contributed by atoms with E-state index in [-0.39, 0.29) is 0 Å². The number of halogens is 2. The monoisotopic (exact) mass is 233 g/mol. The molecule has 3 nitrogen and oxygen atoms in total. The minimum absolute atomic E-state index is 0.425. The Morgan fingerprint density at radius 1 is 1.19 bits per heavy atom. The zero-order valence-corrected chi connectivity index (χ0v) is 9.59. The molecule has 0 aromatic rings. The van der Waals surface area contributed by atoms with Crippen LogP contribution in [0.5, 0.6) is 0 Å². The smallest absolute Gasteiger partial charge is 0.256 e. The van der Waals surface area contributed by atoms with Gasteiger partial charge in [-0.25, -0.2) is 8.78 Å². The van der Waals surface area contributed by atoms with Gasteiger partial charge in [-0.2, -0.15) is 0 Å². The first kappa shape index (κ1) is 12.2. The highest BCUT2D eigenvalue weighted by atomic mass is 19.3. The molecule has 2 heterocycles. The number of likely N-dealkylation sites (tertiary alicyclic amines) is 1. The molecule has 16 heavy (non-hydrogen) atoms. The van der Waals surface area contributed by atoms with E-state index < -0.39 is 12.0 Å². The van der Waals surface area contributed by atoms with Crippen molar-refractivity contribution in [1.29, 1.82) is 0 Å². The predicted octanol–water partition coefficient (Wildman–Crippen LogP) is 0.797. The van der Waals surface area contributed by atoms with Crippen LogP contribution in [0.3, 0.4) is 0 Å². The largest absolute Gasteiger partial charge is 0.320 e. The molecule has 2 rings (SSSR count). The van der Waals surface area contributed by atoms with Gasteiger partial charge in [0.15, 0.2) is 0 Å². The summed E-state index contributed by atoms with van der Waals surface area (Å²) in [4.78, 5) is 2.34. The van der Waals surface area contributed by atoms with Crippen molar-refractivity contribution < 1.29 is 8.78 Å². The number of hydrogen-bond donors (Lipinski definition) is 2. The number of rotatable bonds is 2. The van der Waals surface area contributed by atoms with Gasteiger partial charge >= 0.3 is 0 Å². The fourth-order valence-corrected chi connectivity index (χ4v) is 2.70. The Labute approximate surface area is 95.4 Å². The van der Waals surface area contributed by atoms with E-state index in [1.54, 1.807) is 0 Å². The summed E-state index contributed by atoms with van der Waals surface area (Å²) in [6, 6.07) is 0.573. The van der Waals surface area contributed by atoms with Crippen LogP contribution in [0.1, 0.15) is 25.7 Å². The SMILES string of the molecule is NC1(C(F)F)CCN(C2CCNCC2)CC1.